The van der Waals surface area contributed by atoms with Gasteiger partial charge in [0.2, 0.25) is 0 Å². The van der Waals surface area contributed by atoms with Gasteiger partial charge < -0.3 is 5.32 Å². The van der Waals surface area contributed by atoms with Gasteiger partial charge in [0.15, 0.2) is 0 Å². The molecule has 80 valence electrons. The summed E-state index contributed by atoms with van der Waals surface area (Å²) >= 11 is 0. The van der Waals surface area contributed by atoms with Gasteiger partial charge >= 0.3 is 0 Å². The Morgan fingerprint density at radius 2 is 2.21 bits per heavy atom. The molecule has 0 bridgehead atoms. The molecule has 0 aromatic carbocycles. The molecule has 14 heavy (non-hydrogen) atoms. The van der Waals surface area contributed by atoms with Crippen molar-refractivity contribution in [2.45, 2.75) is 39.3 Å². The fourth-order valence-electron chi connectivity index (χ4n) is 2.11. The Morgan fingerprint density at radius 1 is 1.50 bits per heavy atom. The third kappa shape index (κ3) is 2.97. The molecule has 1 aliphatic rings. The first-order valence-corrected chi connectivity index (χ1v) is 5.48. The summed E-state index contributed by atoms with van der Waals surface area (Å²) in [4.78, 5) is 2.45. The van der Waals surface area contributed by atoms with Crippen LogP contribution in [0.2, 0.25) is 0 Å². The second kappa shape index (κ2) is 5.33. The molecule has 1 aliphatic heterocycles. The lowest BCUT2D eigenvalue weighted by atomic mass is 10.1. The van der Waals surface area contributed by atoms with Crippen LogP contribution in [0.4, 0.5) is 0 Å². The van der Waals surface area contributed by atoms with Crippen molar-refractivity contribution in [2.24, 2.45) is 5.92 Å². The number of nitriles is 1. The van der Waals surface area contributed by atoms with Crippen LogP contribution in [0.5, 0.6) is 0 Å². The number of hydrogen-bond acceptors (Lipinski definition) is 3. The highest BCUT2D eigenvalue weighted by atomic mass is 15.2. The molecule has 0 spiro atoms. The Kier molecular flexibility index (Phi) is 4.37. The first-order valence-electron chi connectivity index (χ1n) is 5.48. The van der Waals surface area contributed by atoms with Gasteiger partial charge in [-0.25, -0.2) is 0 Å². The van der Waals surface area contributed by atoms with E-state index in [1.165, 1.54) is 0 Å². The summed E-state index contributed by atoms with van der Waals surface area (Å²) in [6.07, 6.45) is 0.637. The van der Waals surface area contributed by atoms with Gasteiger partial charge in [0.25, 0.3) is 0 Å². The maximum Gasteiger partial charge on any atom is 0.0638 e. The van der Waals surface area contributed by atoms with E-state index in [9.17, 15) is 0 Å². The van der Waals surface area contributed by atoms with Gasteiger partial charge in [0.1, 0.15) is 0 Å². The van der Waals surface area contributed by atoms with Gasteiger partial charge in [-0.3, -0.25) is 4.90 Å². The highest BCUT2D eigenvalue weighted by Gasteiger charge is 2.25. The molecule has 2 unspecified atom stereocenters. The van der Waals surface area contributed by atoms with Crippen molar-refractivity contribution < 1.29 is 0 Å². The molecule has 0 radical (unpaired) electrons. The van der Waals surface area contributed by atoms with Crippen LogP contribution in [0.1, 0.15) is 27.2 Å². The van der Waals surface area contributed by atoms with Crippen LogP contribution in [0, 0.1) is 17.2 Å². The van der Waals surface area contributed by atoms with Crippen LogP contribution < -0.4 is 5.32 Å². The molecular weight excluding hydrogens is 174 g/mol. The molecule has 1 heterocycles. The van der Waals surface area contributed by atoms with Crippen LogP contribution in [0.25, 0.3) is 0 Å². The summed E-state index contributed by atoms with van der Waals surface area (Å²) in [6.45, 7) is 9.82. The second-order valence-corrected chi connectivity index (χ2v) is 4.57. The van der Waals surface area contributed by atoms with Gasteiger partial charge in [-0.15, -0.1) is 0 Å². The van der Waals surface area contributed by atoms with Gasteiger partial charge in [0, 0.05) is 25.2 Å². The maximum atomic E-state index is 8.77. The minimum Gasteiger partial charge on any atom is -0.315 e. The van der Waals surface area contributed by atoms with Crippen molar-refractivity contribution in [1.29, 1.82) is 5.26 Å². The Bertz CT molecular complexity index is 207. The molecule has 0 amide bonds. The van der Waals surface area contributed by atoms with Crippen LogP contribution >= 0.6 is 0 Å². The van der Waals surface area contributed by atoms with Crippen molar-refractivity contribution in [3.8, 4) is 6.07 Å². The van der Waals surface area contributed by atoms with E-state index in [2.05, 4.69) is 37.1 Å². The fourth-order valence-corrected chi connectivity index (χ4v) is 2.11. The summed E-state index contributed by atoms with van der Waals surface area (Å²) in [5, 5.41) is 12.2. The average Bonchev–Trinajstić information content (AvgIpc) is 2.29. The zero-order chi connectivity index (χ0) is 10.6. The van der Waals surface area contributed by atoms with E-state index in [0.717, 1.165) is 19.6 Å². The smallest absolute Gasteiger partial charge is 0.0638 e. The Labute approximate surface area is 87.1 Å². The van der Waals surface area contributed by atoms with E-state index in [4.69, 9.17) is 5.26 Å². The van der Waals surface area contributed by atoms with E-state index in [0.29, 0.717) is 24.4 Å². The summed E-state index contributed by atoms with van der Waals surface area (Å²) in [6, 6.07) is 3.21. The van der Waals surface area contributed by atoms with Crippen LogP contribution in [0.15, 0.2) is 0 Å². The third-order valence-corrected chi connectivity index (χ3v) is 2.85. The second-order valence-electron chi connectivity index (χ2n) is 4.57. The SMILES string of the molecule is CC1CNCC(CC#N)N(C(C)C)C1. The van der Waals surface area contributed by atoms with Gasteiger partial charge in [-0.1, -0.05) is 6.92 Å². The first kappa shape index (κ1) is 11.5. The number of rotatable bonds is 2. The minimum absolute atomic E-state index is 0.393. The lowest BCUT2D eigenvalue weighted by Crippen LogP contribution is -2.44. The lowest BCUT2D eigenvalue weighted by molar-refractivity contribution is 0.151. The third-order valence-electron chi connectivity index (χ3n) is 2.85. The van der Waals surface area contributed by atoms with Crippen LogP contribution in [-0.4, -0.2) is 36.6 Å². The largest absolute Gasteiger partial charge is 0.315 e. The molecule has 0 aromatic rings. The molecule has 3 nitrogen and oxygen atoms in total. The van der Waals surface area contributed by atoms with Crippen LogP contribution in [0.3, 0.4) is 0 Å². The fraction of sp³-hybridized carbons (Fsp3) is 0.909. The van der Waals surface area contributed by atoms with Crippen molar-refractivity contribution in [1.82, 2.24) is 10.2 Å². The van der Waals surface area contributed by atoms with Crippen LogP contribution in [-0.2, 0) is 0 Å². The molecule has 1 N–H and O–H groups in total. The highest BCUT2D eigenvalue weighted by Crippen LogP contribution is 2.14. The van der Waals surface area contributed by atoms with Gasteiger partial charge in [0.05, 0.1) is 12.5 Å². The summed E-state index contributed by atoms with van der Waals surface area (Å²) in [5.74, 6) is 0.682. The van der Waals surface area contributed by atoms with Crippen molar-refractivity contribution in [3.63, 3.8) is 0 Å². The lowest BCUT2D eigenvalue weighted by Gasteiger charge is -2.32. The monoisotopic (exact) mass is 195 g/mol. The summed E-state index contributed by atoms with van der Waals surface area (Å²) in [5.41, 5.74) is 0. The quantitative estimate of drug-likeness (QED) is 0.720. The van der Waals surface area contributed by atoms with E-state index in [1.807, 2.05) is 0 Å². The van der Waals surface area contributed by atoms with Crippen molar-refractivity contribution >= 4 is 0 Å². The molecule has 3 heteroatoms. The standard InChI is InChI=1S/C11H21N3/c1-9(2)14-8-10(3)6-13-7-11(14)4-5-12/h9-11,13H,4,6-8H2,1-3H3. The first-order chi connectivity index (χ1) is 6.65. The normalized spacial score (nSPS) is 29.9. The molecule has 0 saturated carbocycles. The topological polar surface area (TPSA) is 39.1 Å². The molecular formula is C11H21N3. The van der Waals surface area contributed by atoms with Gasteiger partial charge in [-0.05, 0) is 26.3 Å². The zero-order valence-electron chi connectivity index (χ0n) is 9.45. The number of nitrogens with zero attached hydrogens (tertiary/aromatic N) is 2. The van der Waals surface area contributed by atoms with E-state index >= 15 is 0 Å². The van der Waals surface area contributed by atoms with E-state index in [-0.39, 0.29) is 0 Å². The molecule has 0 aromatic heterocycles. The molecule has 2 atom stereocenters. The molecule has 1 rings (SSSR count). The number of hydrogen-bond donors (Lipinski definition) is 1. The predicted octanol–water partition coefficient (Wildman–Crippen LogP) is 1.22. The van der Waals surface area contributed by atoms with Crippen molar-refractivity contribution in [2.75, 3.05) is 19.6 Å². The Morgan fingerprint density at radius 3 is 2.79 bits per heavy atom. The molecule has 1 saturated heterocycles. The summed E-state index contributed by atoms with van der Waals surface area (Å²) < 4.78 is 0. The molecule has 0 aliphatic carbocycles. The highest BCUT2D eigenvalue weighted by molar-refractivity contribution is 4.88. The minimum atomic E-state index is 0.393. The molecule has 1 fully saturated rings. The van der Waals surface area contributed by atoms with E-state index < -0.39 is 0 Å². The predicted molar refractivity (Wildman–Crippen MR) is 57.9 cm³/mol. The van der Waals surface area contributed by atoms with Crippen molar-refractivity contribution in [3.05, 3.63) is 0 Å². The van der Waals surface area contributed by atoms with Gasteiger partial charge in [-0.2, -0.15) is 5.26 Å². The average molecular weight is 195 g/mol. The number of nitrogens with one attached hydrogen (secondary N) is 1. The maximum absolute atomic E-state index is 8.77. The Hall–Kier alpha value is -0.590. The summed E-state index contributed by atoms with van der Waals surface area (Å²) in [7, 11) is 0. The zero-order valence-corrected chi connectivity index (χ0v) is 9.45. The van der Waals surface area contributed by atoms with E-state index in [1.54, 1.807) is 0 Å². The Balaban J connectivity index is 2.64.